The van der Waals surface area contributed by atoms with Gasteiger partial charge in [0.1, 0.15) is 12.1 Å². The van der Waals surface area contributed by atoms with E-state index in [2.05, 4.69) is 221 Å². The predicted molar refractivity (Wildman–Crippen MR) is 231 cm³/mol. The van der Waals surface area contributed by atoms with Crippen LogP contribution in [0.2, 0.25) is 0 Å². The highest BCUT2D eigenvalue weighted by Crippen LogP contribution is 2.29. The summed E-state index contributed by atoms with van der Waals surface area (Å²) in [6.45, 7) is 17.4. The van der Waals surface area contributed by atoms with E-state index in [-0.39, 0.29) is 23.4 Å². The number of ketones is 3. The quantitative estimate of drug-likeness (QED) is 0.205. The van der Waals surface area contributed by atoms with Crippen LogP contribution in [0.4, 0.5) is 0 Å². The van der Waals surface area contributed by atoms with Gasteiger partial charge in [0.25, 0.3) is 11.8 Å². The van der Waals surface area contributed by atoms with Gasteiger partial charge in [-0.1, -0.05) is 37.1 Å². The Morgan fingerprint density at radius 2 is 0.734 bits per heavy atom. The Morgan fingerprint density at radius 3 is 1.05 bits per heavy atom. The molecule has 0 saturated heterocycles. The van der Waals surface area contributed by atoms with E-state index < -0.39 is 47.7 Å². The van der Waals surface area contributed by atoms with Crippen LogP contribution in [0, 0.1) is 0 Å². The van der Waals surface area contributed by atoms with Crippen molar-refractivity contribution in [3.05, 3.63) is 268 Å². The van der Waals surface area contributed by atoms with E-state index in [1.165, 1.54) is 26.0 Å². The van der Waals surface area contributed by atoms with Gasteiger partial charge in [-0.05, 0) is 136 Å². The number of hydrogen-bond acceptors (Lipinski definition) is 5. The second kappa shape index (κ2) is 29.2. The van der Waals surface area contributed by atoms with Gasteiger partial charge in [-0.25, -0.2) is 0 Å². The van der Waals surface area contributed by atoms with E-state index in [1.807, 2.05) is 0 Å². The van der Waals surface area contributed by atoms with E-state index in [4.69, 9.17) is 0 Å². The average molecular weight is 817 g/mol. The van der Waals surface area contributed by atoms with E-state index in [9.17, 15) is 24.0 Å². The summed E-state index contributed by atoms with van der Waals surface area (Å²) in [7, 11) is 0. The minimum absolute atomic E-state index is 0.00128. The van der Waals surface area contributed by atoms with Gasteiger partial charge >= 0.3 is 0 Å². The highest BCUT2D eigenvalue weighted by atomic mass is 16.2. The van der Waals surface area contributed by atoms with Gasteiger partial charge in [-0.2, -0.15) is 0 Å². The van der Waals surface area contributed by atoms with Gasteiger partial charge in [0.2, 0.25) is 0 Å². The molecule has 292 valence electrons. The van der Waals surface area contributed by atoms with Crippen molar-refractivity contribution in [3.8, 4) is 0 Å². The van der Waals surface area contributed by atoms with Crippen LogP contribution in [0.25, 0.3) is 0 Å². The van der Waals surface area contributed by atoms with E-state index in [0.717, 1.165) is 22.0 Å². The Labute approximate surface area is 368 Å². The summed E-state index contributed by atoms with van der Waals surface area (Å²) in [6.07, 6.45) is 4.47. The molecule has 0 aliphatic heterocycles. The van der Waals surface area contributed by atoms with Crippen molar-refractivity contribution in [1.82, 2.24) is 9.80 Å². The Hall–Kier alpha value is -11.1. The Kier molecular flexibility index (Phi) is 22.4. The Morgan fingerprint density at radius 1 is 0.453 bits per heavy atom. The zero-order chi connectivity index (χ0) is 46.8. The van der Waals surface area contributed by atoms with Gasteiger partial charge in [-0.3, -0.25) is 33.8 Å². The summed E-state index contributed by atoms with van der Waals surface area (Å²) in [5.41, 5.74) is 84.9. The minimum Gasteiger partial charge on any atom is -0.295 e. The maximum absolute atomic E-state index is 13.7. The molecule has 2 unspecified atom stereocenters. The average Bonchev–Trinajstić information content (AvgIpc) is 3.27. The monoisotopic (exact) mass is 816 g/mol. The molecule has 0 spiro atoms. The van der Waals surface area contributed by atoms with Crippen LogP contribution in [-0.4, -0.2) is 51.0 Å². The molecule has 0 aromatic carbocycles. The van der Waals surface area contributed by atoms with Crippen LogP contribution in [0.5, 0.6) is 0 Å². The number of amides is 2. The molecule has 64 heavy (non-hydrogen) atoms. The van der Waals surface area contributed by atoms with Gasteiger partial charge in [0, 0.05) is 116 Å². The molecule has 0 aromatic heterocycles. The predicted octanol–water partition coefficient (Wildman–Crippen LogP) is 7.46. The molecular weight excluding hydrogens is 793 g/mol. The molecule has 0 fully saturated rings. The summed E-state index contributed by atoms with van der Waals surface area (Å²) < 4.78 is 0. The van der Waals surface area contributed by atoms with Crippen LogP contribution >= 0.6 is 0 Å². The van der Waals surface area contributed by atoms with Gasteiger partial charge in [-0.15, -0.1) is 0 Å². The molecule has 0 aromatic rings. The summed E-state index contributed by atoms with van der Waals surface area (Å²) in [5.74, 6) is -3.50. The molecule has 7 heteroatoms. The zero-order valence-electron chi connectivity index (χ0n) is 34.1. The fourth-order valence-electron chi connectivity index (χ4n) is 4.30. The number of nitrogens with zero attached hydrogens (tertiary/aromatic N) is 2. The molecular formula is C57H24N2O5. The summed E-state index contributed by atoms with van der Waals surface area (Å²) in [6, 6.07) is -2.60. The highest BCUT2D eigenvalue weighted by Gasteiger charge is 2.42. The van der Waals surface area contributed by atoms with E-state index >= 15 is 0 Å². The number of carbonyl (C=O) groups excluding carboxylic acids is 5. The van der Waals surface area contributed by atoms with Gasteiger partial charge in [0.15, 0.2) is 23.2 Å². The maximum atomic E-state index is 13.7. The summed E-state index contributed by atoms with van der Waals surface area (Å²) in [4.78, 5) is 68.0. The molecule has 2 rings (SSSR count). The molecule has 2 amide bonds. The van der Waals surface area contributed by atoms with Crippen molar-refractivity contribution in [1.29, 1.82) is 0 Å². The van der Waals surface area contributed by atoms with Crippen LogP contribution in [-0.2, 0) is 24.0 Å². The normalized spacial score (nSPS) is 11.8. The van der Waals surface area contributed by atoms with Crippen molar-refractivity contribution in [2.75, 3.05) is 0 Å². The summed E-state index contributed by atoms with van der Waals surface area (Å²) in [5, 5.41) is 0. The maximum Gasteiger partial charge on any atom is 0.255 e. The zero-order valence-corrected chi connectivity index (χ0v) is 34.1. The molecule has 2 aliphatic carbocycles. The molecule has 2 aliphatic rings. The first-order chi connectivity index (χ1) is 31.0. The Balaban J connectivity index is 2.70. The van der Waals surface area contributed by atoms with Crippen molar-refractivity contribution in [2.24, 2.45) is 0 Å². The molecule has 0 radical (unpaired) electrons. The second-order valence-electron chi connectivity index (χ2n) is 11.6. The van der Waals surface area contributed by atoms with Crippen molar-refractivity contribution >= 4 is 29.2 Å². The van der Waals surface area contributed by atoms with E-state index in [0.29, 0.717) is 5.57 Å². The first kappa shape index (κ1) is 49.1. The molecule has 0 bridgehead atoms. The van der Waals surface area contributed by atoms with Crippen LogP contribution in [0.3, 0.4) is 0 Å². The topological polar surface area (TPSA) is 91.8 Å². The van der Waals surface area contributed by atoms with Crippen molar-refractivity contribution < 1.29 is 24.0 Å². The summed E-state index contributed by atoms with van der Waals surface area (Å²) >= 11 is 0. The third-order valence-corrected chi connectivity index (χ3v) is 6.87. The fourth-order valence-corrected chi connectivity index (χ4v) is 4.30. The number of hydrogen-bond donors (Lipinski definition) is 0. The van der Waals surface area contributed by atoms with Gasteiger partial charge < -0.3 is 0 Å². The third kappa shape index (κ3) is 18.9. The lowest BCUT2D eigenvalue weighted by molar-refractivity contribution is -0.141. The smallest absolute Gasteiger partial charge is 0.255 e. The van der Waals surface area contributed by atoms with Gasteiger partial charge in [0.05, 0.1) is 0 Å². The molecule has 2 atom stereocenters. The first-order valence-electron chi connectivity index (χ1n) is 17.8. The largest absolute Gasteiger partial charge is 0.295 e. The second-order valence-corrected chi connectivity index (χ2v) is 11.6. The minimum atomic E-state index is -1.39. The van der Waals surface area contributed by atoms with Crippen LogP contribution in [0.15, 0.2) is 268 Å². The number of carbonyl (C=O) groups is 5. The number of allylic oxidation sites excluding steroid dienone is 2. The lowest BCUT2D eigenvalue weighted by Crippen LogP contribution is -2.55. The number of rotatable bonds is 6. The van der Waals surface area contributed by atoms with Crippen molar-refractivity contribution in [3.63, 3.8) is 0 Å². The van der Waals surface area contributed by atoms with Crippen LogP contribution in [0.1, 0.15) is 26.7 Å². The molecule has 0 N–H and O–H groups in total. The standard InChI is InChI=1S/C57H24N2O5/c1-7-8-9-10-11-12-13-14-15-16-17-18-19-20-21-22-23-24-25-26-27-28-29-30-31-32-33-34-35-36-37-38-39-40-55(58(56(63)47(2)3)51-45-49(6)41-43-53(51)61)59(57(64)48(4)5)52-46-50(60)42-44-54(52)62/h41-44,51-52H,1-2,4,6,45-46H2,3,5H3. The fraction of sp³-hybridized carbons (Fsp3) is 0.105. The first-order valence-corrected chi connectivity index (χ1v) is 17.8. The lowest BCUT2D eigenvalue weighted by Gasteiger charge is -2.40. The Bertz CT molecular complexity index is 3590. The molecule has 0 saturated carbocycles. The van der Waals surface area contributed by atoms with Crippen molar-refractivity contribution in [2.45, 2.75) is 38.8 Å². The highest BCUT2D eigenvalue weighted by molar-refractivity contribution is 6.10. The lowest BCUT2D eigenvalue weighted by atomic mass is 9.94. The van der Waals surface area contributed by atoms with Crippen LogP contribution < -0.4 is 0 Å². The molecule has 7 nitrogen and oxygen atoms in total. The SMILES string of the molecule is C=C=C=C=C=C=C=C=C=C=C=C=C=C=C=C=C=C=C=C=C=C=C=C=C=C=C=C=C=C=C=C=C=C=C=C(N(C(=O)C(=C)C)C1CC(=C)C=CC1=O)N(C(=O)C(=C)C)C1CC(=O)C=CC1=O. The molecule has 0 heterocycles. The van der Waals surface area contributed by atoms with E-state index in [1.54, 1.807) is 0 Å². The third-order valence-electron chi connectivity index (χ3n) is 6.87.